The zero-order chi connectivity index (χ0) is 13.4. The number of halogens is 1. The molecular weight excluding hydrogens is 296 g/mol. The Kier molecular flexibility index (Phi) is 3.43. The van der Waals surface area contributed by atoms with E-state index in [-0.39, 0.29) is 18.2 Å². The minimum atomic E-state index is -0.410. The van der Waals surface area contributed by atoms with Gasteiger partial charge >= 0.3 is 0 Å². The molecule has 0 bridgehead atoms. The second kappa shape index (κ2) is 4.72. The molecule has 2 N–H and O–H groups in total. The van der Waals surface area contributed by atoms with Crippen LogP contribution >= 0.6 is 15.9 Å². The fourth-order valence-corrected chi connectivity index (χ4v) is 3.25. The molecule has 1 unspecified atom stereocenters. The van der Waals surface area contributed by atoms with E-state index < -0.39 is 5.91 Å². The Balaban J connectivity index is 2.39. The number of aryl methyl sites for hydroxylation is 2. The molecule has 1 aromatic carbocycles. The molecule has 1 fully saturated rings. The van der Waals surface area contributed by atoms with E-state index in [0.29, 0.717) is 6.54 Å². The Hall–Kier alpha value is -1.36. The standard InChI is InChI=1S/C13H15BrN2O2/c1-7-3-8(2)12(10(14)4-7)16-6-9(13(15)18)5-11(16)17/h3-4,9H,5-6H2,1-2H3,(H2,15,18). The molecule has 1 aliphatic heterocycles. The first-order valence-electron chi connectivity index (χ1n) is 5.76. The third-order valence-electron chi connectivity index (χ3n) is 3.20. The number of carbonyl (C=O) groups excluding carboxylic acids is 2. The van der Waals surface area contributed by atoms with Crippen molar-refractivity contribution in [3.8, 4) is 0 Å². The van der Waals surface area contributed by atoms with Crippen LogP contribution in [0.25, 0.3) is 0 Å². The molecule has 1 aliphatic rings. The molecule has 96 valence electrons. The number of amides is 2. The summed E-state index contributed by atoms with van der Waals surface area (Å²) in [5.74, 6) is -0.844. The largest absolute Gasteiger partial charge is 0.369 e. The number of nitrogens with zero attached hydrogens (tertiary/aromatic N) is 1. The summed E-state index contributed by atoms with van der Waals surface area (Å²) >= 11 is 3.48. The van der Waals surface area contributed by atoms with E-state index in [4.69, 9.17) is 5.73 Å². The van der Waals surface area contributed by atoms with Crippen LogP contribution in [0.5, 0.6) is 0 Å². The molecule has 1 aromatic rings. The zero-order valence-electron chi connectivity index (χ0n) is 10.4. The summed E-state index contributed by atoms with van der Waals surface area (Å²) < 4.78 is 0.874. The van der Waals surface area contributed by atoms with Crippen molar-refractivity contribution in [2.45, 2.75) is 20.3 Å². The first-order valence-corrected chi connectivity index (χ1v) is 6.56. The number of rotatable bonds is 2. The van der Waals surface area contributed by atoms with Crippen LogP contribution in [-0.2, 0) is 9.59 Å². The van der Waals surface area contributed by atoms with E-state index in [1.807, 2.05) is 26.0 Å². The van der Waals surface area contributed by atoms with Crippen molar-refractivity contribution >= 4 is 33.4 Å². The lowest BCUT2D eigenvalue weighted by Crippen LogP contribution is -2.29. The van der Waals surface area contributed by atoms with Crippen molar-refractivity contribution in [2.24, 2.45) is 11.7 Å². The second-order valence-corrected chi connectivity index (χ2v) is 5.57. The van der Waals surface area contributed by atoms with Crippen molar-refractivity contribution < 1.29 is 9.59 Å². The molecule has 0 saturated carbocycles. The van der Waals surface area contributed by atoms with E-state index in [0.717, 1.165) is 21.3 Å². The van der Waals surface area contributed by atoms with E-state index in [2.05, 4.69) is 15.9 Å². The Morgan fingerprint density at radius 3 is 2.61 bits per heavy atom. The van der Waals surface area contributed by atoms with E-state index in [1.54, 1.807) is 4.90 Å². The molecule has 0 spiro atoms. The summed E-state index contributed by atoms with van der Waals surface area (Å²) in [6.07, 6.45) is 0.203. The minimum Gasteiger partial charge on any atom is -0.369 e. The maximum Gasteiger partial charge on any atom is 0.227 e. The minimum absolute atomic E-state index is 0.0496. The summed E-state index contributed by atoms with van der Waals surface area (Å²) in [6.45, 7) is 4.33. The van der Waals surface area contributed by atoms with Crippen LogP contribution in [0.3, 0.4) is 0 Å². The van der Waals surface area contributed by atoms with Gasteiger partial charge in [0.1, 0.15) is 0 Å². The number of anilines is 1. The summed E-state index contributed by atoms with van der Waals surface area (Å²) in [7, 11) is 0. The van der Waals surface area contributed by atoms with Crippen molar-refractivity contribution in [2.75, 3.05) is 11.4 Å². The van der Waals surface area contributed by atoms with E-state index >= 15 is 0 Å². The number of primary amides is 1. The maximum absolute atomic E-state index is 12.0. The number of hydrogen-bond donors (Lipinski definition) is 1. The van der Waals surface area contributed by atoms with Crippen LogP contribution in [0, 0.1) is 19.8 Å². The highest BCUT2D eigenvalue weighted by Crippen LogP contribution is 2.35. The van der Waals surface area contributed by atoms with Gasteiger partial charge in [0, 0.05) is 17.4 Å². The summed E-state index contributed by atoms with van der Waals surface area (Å²) in [6, 6.07) is 3.98. The lowest BCUT2D eigenvalue weighted by molar-refractivity contribution is -0.123. The van der Waals surface area contributed by atoms with Crippen LogP contribution in [0.2, 0.25) is 0 Å². The van der Waals surface area contributed by atoms with Crippen LogP contribution in [-0.4, -0.2) is 18.4 Å². The Labute approximate surface area is 114 Å². The number of benzene rings is 1. The van der Waals surface area contributed by atoms with Gasteiger partial charge in [-0.1, -0.05) is 6.07 Å². The Morgan fingerprint density at radius 2 is 2.11 bits per heavy atom. The van der Waals surface area contributed by atoms with E-state index in [9.17, 15) is 9.59 Å². The van der Waals surface area contributed by atoms with Crippen LogP contribution in [0.15, 0.2) is 16.6 Å². The van der Waals surface area contributed by atoms with Gasteiger partial charge in [-0.3, -0.25) is 9.59 Å². The summed E-state index contributed by atoms with van der Waals surface area (Å²) in [5, 5.41) is 0. The monoisotopic (exact) mass is 310 g/mol. The van der Waals surface area contributed by atoms with Crippen molar-refractivity contribution in [1.82, 2.24) is 0 Å². The lowest BCUT2D eigenvalue weighted by atomic mass is 10.1. The molecule has 0 aliphatic carbocycles. The van der Waals surface area contributed by atoms with Gasteiger partial charge in [-0.15, -0.1) is 0 Å². The van der Waals surface area contributed by atoms with Gasteiger partial charge < -0.3 is 10.6 Å². The average Bonchev–Trinajstić information content (AvgIpc) is 2.59. The van der Waals surface area contributed by atoms with Crippen LogP contribution < -0.4 is 10.6 Å². The Bertz CT molecular complexity index is 505. The van der Waals surface area contributed by atoms with Gasteiger partial charge in [0.05, 0.1) is 11.6 Å². The number of carbonyl (C=O) groups is 2. The summed E-state index contributed by atoms with van der Waals surface area (Å²) in [5.41, 5.74) is 8.25. The predicted octanol–water partition coefficient (Wildman–Crippen LogP) is 1.90. The highest BCUT2D eigenvalue weighted by molar-refractivity contribution is 9.10. The van der Waals surface area contributed by atoms with Crippen LogP contribution in [0.1, 0.15) is 17.5 Å². The molecule has 5 heteroatoms. The third-order valence-corrected chi connectivity index (χ3v) is 3.80. The first-order chi connectivity index (χ1) is 8.40. The SMILES string of the molecule is Cc1cc(C)c(N2CC(C(N)=O)CC2=O)c(Br)c1. The van der Waals surface area contributed by atoms with Gasteiger partial charge in [-0.05, 0) is 47.0 Å². The highest BCUT2D eigenvalue weighted by atomic mass is 79.9. The molecule has 0 aromatic heterocycles. The van der Waals surface area contributed by atoms with Crippen LogP contribution in [0.4, 0.5) is 5.69 Å². The van der Waals surface area contributed by atoms with E-state index in [1.165, 1.54) is 0 Å². The molecule has 1 heterocycles. The predicted molar refractivity (Wildman–Crippen MR) is 73.3 cm³/mol. The third kappa shape index (κ3) is 2.27. The molecule has 2 rings (SSSR count). The van der Waals surface area contributed by atoms with Gasteiger partial charge in [-0.2, -0.15) is 0 Å². The number of hydrogen-bond acceptors (Lipinski definition) is 2. The fourth-order valence-electron chi connectivity index (χ4n) is 2.36. The van der Waals surface area contributed by atoms with Crippen molar-refractivity contribution in [3.05, 3.63) is 27.7 Å². The normalized spacial score (nSPS) is 19.4. The topological polar surface area (TPSA) is 63.4 Å². The summed E-state index contributed by atoms with van der Waals surface area (Å²) in [4.78, 5) is 24.8. The molecule has 0 radical (unpaired) electrons. The van der Waals surface area contributed by atoms with Crippen molar-refractivity contribution in [3.63, 3.8) is 0 Å². The molecule has 18 heavy (non-hydrogen) atoms. The molecule has 1 atom stereocenters. The smallest absolute Gasteiger partial charge is 0.227 e. The number of nitrogens with two attached hydrogens (primary N) is 1. The average molecular weight is 311 g/mol. The fraction of sp³-hybridized carbons (Fsp3) is 0.385. The second-order valence-electron chi connectivity index (χ2n) is 4.72. The molecule has 4 nitrogen and oxygen atoms in total. The highest BCUT2D eigenvalue weighted by Gasteiger charge is 2.35. The quantitative estimate of drug-likeness (QED) is 0.907. The van der Waals surface area contributed by atoms with Crippen molar-refractivity contribution in [1.29, 1.82) is 0 Å². The zero-order valence-corrected chi connectivity index (χ0v) is 12.0. The van der Waals surface area contributed by atoms with Gasteiger partial charge in [0.15, 0.2) is 0 Å². The van der Waals surface area contributed by atoms with Gasteiger partial charge in [0.2, 0.25) is 11.8 Å². The molecule has 1 saturated heterocycles. The maximum atomic E-state index is 12.0. The molecule has 2 amide bonds. The van der Waals surface area contributed by atoms with Gasteiger partial charge in [0.25, 0.3) is 0 Å². The Morgan fingerprint density at radius 1 is 1.44 bits per heavy atom. The van der Waals surface area contributed by atoms with Gasteiger partial charge in [-0.25, -0.2) is 0 Å². The molecular formula is C13H15BrN2O2. The first kappa shape index (κ1) is 13.1. The lowest BCUT2D eigenvalue weighted by Gasteiger charge is -2.21.